The number of esters is 1. The van der Waals surface area contributed by atoms with E-state index in [0.29, 0.717) is 17.9 Å². The highest BCUT2D eigenvalue weighted by atomic mass is 16.5. The van der Waals surface area contributed by atoms with Gasteiger partial charge in [0.15, 0.2) is 0 Å². The van der Waals surface area contributed by atoms with E-state index in [-0.39, 0.29) is 12.6 Å². The second-order valence-corrected chi connectivity index (χ2v) is 7.13. The third-order valence-corrected chi connectivity index (χ3v) is 4.72. The number of carbonyl (C=O) groups excluding carboxylic acids is 1. The van der Waals surface area contributed by atoms with E-state index in [1.54, 1.807) is 12.1 Å². The maximum atomic E-state index is 12.6. The first-order valence-corrected chi connectivity index (χ1v) is 10.4. The monoisotopic (exact) mass is 400 g/mol. The maximum Gasteiger partial charge on any atom is 0.338 e. The van der Waals surface area contributed by atoms with Crippen LogP contribution in [-0.4, -0.2) is 5.97 Å². The highest BCUT2D eigenvalue weighted by Crippen LogP contribution is 2.24. The lowest BCUT2D eigenvalue weighted by Crippen LogP contribution is -2.06. The molecule has 0 radical (unpaired) electrons. The molecule has 3 nitrogen and oxygen atoms in total. The van der Waals surface area contributed by atoms with Crippen LogP contribution in [0.4, 0.5) is 0 Å². The molecule has 0 amide bonds. The van der Waals surface area contributed by atoms with E-state index in [4.69, 9.17) is 9.47 Å². The van der Waals surface area contributed by atoms with Crippen LogP contribution in [0.15, 0.2) is 84.9 Å². The first-order chi connectivity index (χ1) is 14.8. The Labute approximate surface area is 179 Å². The van der Waals surface area contributed by atoms with Crippen molar-refractivity contribution in [2.45, 2.75) is 39.4 Å². The molecule has 154 valence electrons. The quantitative estimate of drug-likeness (QED) is 0.276. The van der Waals surface area contributed by atoms with Crippen LogP contribution in [0.25, 0.3) is 6.08 Å². The number of hydrogen-bond acceptors (Lipinski definition) is 3. The molecule has 0 heterocycles. The van der Waals surface area contributed by atoms with Crippen LogP contribution >= 0.6 is 0 Å². The summed E-state index contributed by atoms with van der Waals surface area (Å²) in [4.78, 5) is 12.6. The van der Waals surface area contributed by atoms with E-state index in [2.05, 4.69) is 19.1 Å². The highest BCUT2D eigenvalue weighted by molar-refractivity contribution is 5.90. The van der Waals surface area contributed by atoms with Gasteiger partial charge in [0, 0.05) is 5.56 Å². The summed E-state index contributed by atoms with van der Waals surface area (Å²) < 4.78 is 11.5. The lowest BCUT2D eigenvalue weighted by molar-refractivity contribution is 0.0472. The normalized spacial score (nSPS) is 10.8. The van der Waals surface area contributed by atoms with Gasteiger partial charge in [0.1, 0.15) is 19.0 Å². The average molecular weight is 401 g/mol. The largest absolute Gasteiger partial charge is 0.488 e. The third kappa shape index (κ3) is 6.63. The molecule has 3 heteroatoms. The van der Waals surface area contributed by atoms with Gasteiger partial charge in [-0.1, -0.05) is 98.6 Å². The second-order valence-electron chi connectivity index (χ2n) is 7.13. The minimum absolute atomic E-state index is 0.249. The van der Waals surface area contributed by atoms with E-state index in [1.165, 1.54) is 0 Å². The van der Waals surface area contributed by atoms with Crippen molar-refractivity contribution in [2.24, 2.45) is 0 Å². The van der Waals surface area contributed by atoms with Crippen LogP contribution < -0.4 is 4.74 Å². The summed E-state index contributed by atoms with van der Waals surface area (Å²) in [6.07, 6.45) is 7.56. The van der Waals surface area contributed by atoms with E-state index in [1.807, 2.05) is 66.7 Å². The van der Waals surface area contributed by atoms with Gasteiger partial charge < -0.3 is 9.47 Å². The molecule has 0 aliphatic carbocycles. The molecule has 3 aromatic rings. The van der Waals surface area contributed by atoms with Gasteiger partial charge in [-0.25, -0.2) is 4.79 Å². The topological polar surface area (TPSA) is 35.5 Å². The molecule has 30 heavy (non-hydrogen) atoms. The van der Waals surface area contributed by atoms with Crippen LogP contribution in [-0.2, 0) is 18.0 Å². The molecule has 0 N–H and O–H groups in total. The number of benzene rings is 3. The summed E-state index contributed by atoms with van der Waals surface area (Å²) in [6.45, 7) is 2.87. The van der Waals surface area contributed by atoms with E-state index >= 15 is 0 Å². The summed E-state index contributed by atoms with van der Waals surface area (Å²) in [7, 11) is 0. The van der Waals surface area contributed by atoms with Gasteiger partial charge in [-0.05, 0) is 29.7 Å². The van der Waals surface area contributed by atoms with Crippen molar-refractivity contribution in [3.05, 3.63) is 107 Å². The lowest BCUT2D eigenvalue weighted by Gasteiger charge is -2.12. The van der Waals surface area contributed by atoms with Crippen LogP contribution in [0.5, 0.6) is 5.75 Å². The zero-order valence-electron chi connectivity index (χ0n) is 17.4. The summed E-state index contributed by atoms with van der Waals surface area (Å²) >= 11 is 0. The molecule has 0 atom stereocenters. The SMILES string of the molecule is CCCC/C=C/c1ccc(C(=O)OCc2ccccc2)cc1OCc1ccccc1. The van der Waals surface area contributed by atoms with E-state index in [9.17, 15) is 4.79 Å². The van der Waals surface area contributed by atoms with E-state index < -0.39 is 0 Å². The first kappa shape index (κ1) is 21.4. The van der Waals surface area contributed by atoms with Gasteiger partial charge in [-0.2, -0.15) is 0 Å². The molecule has 0 unspecified atom stereocenters. The number of unbranched alkanes of at least 4 members (excludes halogenated alkanes) is 2. The Morgan fingerprint density at radius 1 is 0.867 bits per heavy atom. The fourth-order valence-electron chi connectivity index (χ4n) is 3.00. The van der Waals surface area contributed by atoms with Crippen molar-refractivity contribution in [3.8, 4) is 5.75 Å². The van der Waals surface area contributed by atoms with Gasteiger partial charge in [0.05, 0.1) is 5.56 Å². The van der Waals surface area contributed by atoms with Crippen molar-refractivity contribution in [1.29, 1.82) is 0 Å². The Hall–Kier alpha value is -3.33. The van der Waals surface area contributed by atoms with Crippen LogP contribution in [0.2, 0.25) is 0 Å². The molecule has 0 aromatic heterocycles. The Morgan fingerprint density at radius 2 is 1.53 bits per heavy atom. The second kappa shape index (κ2) is 11.6. The Morgan fingerprint density at radius 3 is 2.20 bits per heavy atom. The molecule has 0 aliphatic rings. The number of carbonyl (C=O) groups is 1. The van der Waals surface area contributed by atoms with E-state index in [0.717, 1.165) is 36.0 Å². The predicted octanol–water partition coefficient (Wildman–Crippen LogP) is 6.83. The first-order valence-electron chi connectivity index (χ1n) is 10.4. The molecule has 0 fully saturated rings. The molecule has 0 aliphatic heterocycles. The zero-order valence-corrected chi connectivity index (χ0v) is 17.4. The molecule has 0 saturated carbocycles. The Kier molecular flexibility index (Phi) is 8.28. The summed E-state index contributed by atoms with van der Waals surface area (Å²) in [5, 5.41) is 0. The van der Waals surface area contributed by atoms with Crippen molar-refractivity contribution in [3.63, 3.8) is 0 Å². The smallest absolute Gasteiger partial charge is 0.338 e. The van der Waals surface area contributed by atoms with Crippen molar-refractivity contribution >= 4 is 12.0 Å². The summed E-state index contributed by atoms with van der Waals surface area (Å²) in [5.74, 6) is 0.325. The summed E-state index contributed by atoms with van der Waals surface area (Å²) in [5.41, 5.74) is 3.48. The lowest BCUT2D eigenvalue weighted by atomic mass is 10.1. The maximum absolute atomic E-state index is 12.6. The minimum atomic E-state index is -0.357. The molecule has 3 aromatic carbocycles. The van der Waals surface area contributed by atoms with Crippen molar-refractivity contribution < 1.29 is 14.3 Å². The van der Waals surface area contributed by atoms with Gasteiger partial charge in [0.25, 0.3) is 0 Å². The predicted molar refractivity (Wildman–Crippen MR) is 121 cm³/mol. The number of ether oxygens (including phenoxy) is 2. The fraction of sp³-hybridized carbons (Fsp3) is 0.222. The molecule has 3 rings (SSSR count). The number of allylic oxidation sites excluding steroid dienone is 1. The molecular weight excluding hydrogens is 372 g/mol. The minimum Gasteiger partial charge on any atom is -0.488 e. The van der Waals surface area contributed by atoms with Crippen molar-refractivity contribution in [2.75, 3.05) is 0 Å². The molecule has 0 saturated heterocycles. The number of rotatable bonds is 10. The third-order valence-electron chi connectivity index (χ3n) is 4.72. The van der Waals surface area contributed by atoms with Gasteiger partial charge in [-0.15, -0.1) is 0 Å². The zero-order chi connectivity index (χ0) is 21.0. The molecule has 0 bridgehead atoms. The van der Waals surface area contributed by atoms with Crippen molar-refractivity contribution in [1.82, 2.24) is 0 Å². The molecular formula is C27H28O3. The van der Waals surface area contributed by atoms with Crippen LogP contribution in [0, 0.1) is 0 Å². The van der Waals surface area contributed by atoms with Gasteiger partial charge in [-0.3, -0.25) is 0 Å². The number of hydrogen-bond donors (Lipinski definition) is 0. The molecule has 0 spiro atoms. The highest BCUT2D eigenvalue weighted by Gasteiger charge is 2.12. The standard InChI is InChI=1S/C27H28O3/c1-2-3-4-11-16-24-17-18-25(27(28)30-21-23-14-9-6-10-15-23)19-26(24)29-20-22-12-7-5-8-13-22/h5-19H,2-4,20-21H2,1H3/b16-11+. The fourth-order valence-corrected chi connectivity index (χ4v) is 3.00. The average Bonchev–Trinajstić information content (AvgIpc) is 2.80. The Bertz CT molecular complexity index is 946. The van der Waals surface area contributed by atoms with Gasteiger partial charge >= 0.3 is 5.97 Å². The van der Waals surface area contributed by atoms with Crippen LogP contribution in [0.3, 0.4) is 0 Å². The van der Waals surface area contributed by atoms with Gasteiger partial charge in [0.2, 0.25) is 0 Å². The summed E-state index contributed by atoms with van der Waals surface area (Å²) in [6, 6.07) is 25.2. The Balaban J connectivity index is 1.73. The van der Waals surface area contributed by atoms with Crippen LogP contribution in [0.1, 0.15) is 53.2 Å².